The Bertz CT molecular complexity index is 4270. The largest absolute Gasteiger partial charge is 0.0619 e. The summed E-state index contributed by atoms with van der Waals surface area (Å²) in [5, 5.41) is 0. The highest BCUT2D eigenvalue weighted by molar-refractivity contribution is 5.93. The zero-order valence-corrected chi connectivity index (χ0v) is 43.3. The first-order valence-electron chi connectivity index (χ1n) is 28.0. The van der Waals surface area contributed by atoms with Crippen molar-refractivity contribution in [3.63, 3.8) is 0 Å². The van der Waals surface area contributed by atoms with Gasteiger partial charge in [0.1, 0.15) is 0 Å². The third-order valence-corrected chi connectivity index (χ3v) is 18.4. The average molecular weight is 989 g/mol. The molecule has 0 heteroatoms. The van der Waals surface area contributed by atoms with Gasteiger partial charge in [0, 0.05) is 0 Å². The predicted molar refractivity (Wildman–Crippen MR) is 324 cm³/mol. The maximum absolute atomic E-state index is 2.45. The molecule has 0 N–H and O–H groups in total. The van der Waals surface area contributed by atoms with E-state index in [1.54, 1.807) is 0 Å². The van der Waals surface area contributed by atoms with Crippen LogP contribution in [0.4, 0.5) is 0 Å². The van der Waals surface area contributed by atoms with E-state index in [4.69, 9.17) is 0 Å². The zero-order valence-electron chi connectivity index (χ0n) is 43.3. The Labute approximate surface area is 456 Å². The van der Waals surface area contributed by atoms with Gasteiger partial charge in [-0.3, -0.25) is 0 Å². The van der Waals surface area contributed by atoms with Gasteiger partial charge in [-0.2, -0.15) is 0 Å². The molecule has 0 heterocycles. The van der Waals surface area contributed by atoms with Gasteiger partial charge in [-0.05, 0) is 229 Å². The molecular weight excluding hydrogens is 937 g/mol. The summed E-state index contributed by atoms with van der Waals surface area (Å²) in [5.74, 6) is 0. The van der Waals surface area contributed by atoms with Crippen LogP contribution < -0.4 is 0 Å². The maximum atomic E-state index is 2.45. The number of rotatable bonds is 4. The standard InChI is InChI=1S/2C39H26/c1-3-9-30-24(7-1)22-38-32(11-5-13-36(30)38)26-15-17-34-28(19-26)21-29-20-27(16-18-35(29)34)33-12-6-14-37-31-10-4-2-8-25(31)23-39(33)37;1-3-9-30-24(7-1)22-38-32(11-5-13-34(30)38)28-17-15-26-19-27-16-18-29(21-37(27)36(26)20-28)33-12-6-14-35-31-10-4-2-8-25(31)23-39(33)35/h1-20H,21-23H2;1-18,20-21H,19,22-23H2. The highest BCUT2D eigenvalue weighted by atomic mass is 14.3. The molecule has 0 fully saturated rings. The molecule has 0 radical (unpaired) electrons. The second-order valence-electron chi connectivity index (χ2n) is 22.5. The molecule has 18 rings (SSSR count). The Kier molecular flexibility index (Phi) is 9.60. The first-order chi connectivity index (χ1) is 38.6. The normalized spacial score (nSPS) is 13.3. The molecule has 12 aromatic rings. The van der Waals surface area contributed by atoms with Crippen LogP contribution in [-0.4, -0.2) is 0 Å². The van der Waals surface area contributed by atoms with Crippen LogP contribution in [0.3, 0.4) is 0 Å². The molecule has 78 heavy (non-hydrogen) atoms. The lowest BCUT2D eigenvalue weighted by Gasteiger charge is -2.13. The fourth-order valence-corrected chi connectivity index (χ4v) is 14.8. The van der Waals surface area contributed by atoms with Gasteiger partial charge >= 0.3 is 0 Å². The minimum atomic E-state index is 0.997. The van der Waals surface area contributed by atoms with E-state index >= 15 is 0 Å². The SMILES string of the molecule is c1ccc2c(c1)Cc1c(-c3ccc4c(c3)-c3cc(-c5cccc6c5Cc5ccccc5-6)ccc3C4)cccc1-2.c1ccc2c(c1)Cc1c(-c3ccc4c(c3)Cc3cc(-c5cccc6c5Cc5ccccc5-6)ccc3-4)cccc1-2. The van der Waals surface area contributed by atoms with Gasteiger partial charge in [-0.1, -0.05) is 231 Å². The monoisotopic (exact) mass is 988 g/mol. The number of fused-ring (bicyclic) bond motifs is 18. The van der Waals surface area contributed by atoms with E-state index in [0.29, 0.717) is 0 Å². The molecule has 6 aliphatic carbocycles. The summed E-state index contributed by atoms with van der Waals surface area (Å²) in [6.07, 6.45) is 6.09. The molecule has 6 aliphatic rings. The van der Waals surface area contributed by atoms with E-state index < -0.39 is 0 Å². The Balaban J connectivity index is 0.000000126. The number of hydrogen-bond donors (Lipinski definition) is 0. The number of hydrogen-bond acceptors (Lipinski definition) is 0. The van der Waals surface area contributed by atoms with Gasteiger partial charge in [-0.15, -0.1) is 0 Å². The summed E-state index contributed by atoms with van der Waals surface area (Å²) < 4.78 is 0. The van der Waals surface area contributed by atoms with Gasteiger partial charge in [0.05, 0.1) is 0 Å². The van der Waals surface area contributed by atoms with Crippen LogP contribution in [0.25, 0.3) is 111 Å². The average Bonchev–Trinajstić information content (AvgIpc) is 4.46. The zero-order chi connectivity index (χ0) is 51.0. The molecule has 0 amide bonds. The molecule has 0 nitrogen and oxygen atoms in total. The van der Waals surface area contributed by atoms with E-state index in [9.17, 15) is 0 Å². The van der Waals surface area contributed by atoms with Gasteiger partial charge in [0.2, 0.25) is 0 Å². The van der Waals surface area contributed by atoms with Crippen LogP contribution in [0.2, 0.25) is 0 Å². The topological polar surface area (TPSA) is 0 Å². The van der Waals surface area contributed by atoms with Gasteiger partial charge in [0.25, 0.3) is 0 Å². The van der Waals surface area contributed by atoms with Crippen molar-refractivity contribution >= 4 is 0 Å². The van der Waals surface area contributed by atoms with Crippen molar-refractivity contribution in [3.8, 4) is 111 Å². The van der Waals surface area contributed by atoms with E-state index in [0.717, 1.165) is 38.5 Å². The molecule has 0 saturated carbocycles. The molecule has 0 saturated heterocycles. The van der Waals surface area contributed by atoms with E-state index in [2.05, 4.69) is 243 Å². The molecule has 0 unspecified atom stereocenters. The van der Waals surface area contributed by atoms with Crippen LogP contribution in [0.15, 0.2) is 243 Å². The van der Waals surface area contributed by atoms with E-state index in [1.165, 1.54) is 178 Å². The van der Waals surface area contributed by atoms with E-state index in [1.807, 2.05) is 0 Å². The minimum Gasteiger partial charge on any atom is -0.0619 e. The summed E-state index contributed by atoms with van der Waals surface area (Å²) in [6, 6.07) is 91.3. The van der Waals surface area contributed by atoms with Crippen LogP contribution in [0.1, 0.15) is 66.8 Å². The Morgan fingerprint density at radius 3 is 0.731 bits per heavy atom. The smallest absolute Gasteiger partial charge is 0.000729 e. The summed E-state index contributed by atoms with van der Waals surface area (Å²) in [6.45, 7) is 0. The van der Waals surface area contributed by atoms with E-state index in [-0.39, 0.29) is 0 Å². The molecule has 0 atom stereocenters. The van der Waals surface area contributed by atoms with Crippen molar-refractivity contribution in [1.29, 1.82) is 0 Å². The molecule has 0 spiro atoms. The van der Waals surface area contributed by atoms with Gasteiger partial charge < -0.3 is 0 Å². The highest BCUT2D eigenvalue weighted by Gasteiger charge is 2.28. The third-order valence-electron chi connectivity index (χ3n) is 18.4. The summed E-state index contributed by atoms with van der Waals surface area (Å²) in [4.78, 5) is 0. The summed E-state index contributed by atoms with van der Waals surface area (Å²) in [7, 11) is 0. The maximum Gasteiger partial charge on any atom is -0.000729 e. The van der Waals surface area contributed by atoms with Crippen molar-refractivity contribution in [2.75, 3.05) is 0 Å². The molecule has 0 aliphatic heterocycles. The lowest BCUT2D eigenvalue weighted by atomic mass is 9.91. The summed E-state index contributed by atoms with van der Waals surface area (Å²) >= 11 is 0. The molecular formula is C78H52. The van der Waals surface area contributed by atoms with Crippen LogP contribution >= 0.6 is 0 Å². The van der Waals surface area contributed by atoms with Crippen molar-refractivity contribution in [1.82, 2.24) is 0 Å². The lowest BCUT2D eigenvalue weighted by molar-refractivity contribution is 1.24. The Hall–Kier alpha value is -9.36. The second-order valence-corrected chi connectivity index (χ2v) is 22.5. The second kappa shape index (κ2) is 17.1. The van der Waals surface area contributed by atoms with Gasteiger partial charge in [0.15, 0.2) is 0 Å². The first kappa shape index (κ1) is 43.8. The third kappa shape index (κ3) is 6.72. The quantitative estimate of drug-likeness (QED) is 0.165. The number of benzene rings is 12. The molecule has 12 aromatic carbocycles. The highest BCUT2D eigenvalue weighted by Crippen LogP contribution is 2.49. The Morgan fingerprint density at radius 1 is 0.141 bits per heavy atom. The van der Waals surface area contributed by atoms with Crippen molar-refractivity contribution in [2.45, 2.75) is 38.5 Å². The molecule has 0 bridgehead atoms. The lowest BCUT2D eigenvalue weighted by Crippen LogP contribution is -1.90. The van der Waals surface area contributed by atoms with Crippen molar-refractivity contribution in [2.24, 2.45) is 0 Å². The van der Waals surface area contributed by atoms with Crippen LogP contribution in [0, 0.1) is 0 Å². The van der Waals surface area contributed by atoms with Gasteiger partial charge in [-0.25, -0.2) is 0 Å². The molecule has 0 aromatic heterocycles. The Morgan fingerprint density at radius 2 is 0.385 bits per heavy atom. The first-order valence-corrected chi connectivity index (χ1v) is 28.0. The van der Waals surface area contributed by atoms with Crippen LogP contribution in [-0.2, 0) is 38.5 Å². The van der Waals surface area contributed by atoms with Crippen LogP contribution in [0.5, 0.6) is 0 Å². The predicted octanol–water partition coefficient (Wildman–Crippen LogP) is 19.5. The minimum absolute atomic E-state index is 0.997. The molecule has 364 valence electrons. The fourth-order valence-electron chi connectivity index (χ4n) is 14.8. The fraction of sp³-hybridized carbons (Fsp3) is 0.0769. The van der Waals surface area contributed by atoms with Crippen molar-refractivity contribution in [3.05, 3.63) is 309 Å². The summed E-state index contributed by atoms with van der Waals surface area (Å²) in [5.41, 5.74) is 44.9. The van der Waals surface area contributed by atoms with Crippen molar-refractivity contribution < 1.29 is 0 Å².